The Morgan fingerprint density at radius 1 is 1.11 bits per heavy atom. The summed E-state index contributed by atoms with van der Waals surface area (Å²) in [7, 11) is 1.44. The Hall–Kier alpha value is -2.57. The number of fused-ring (bicyclic) bond motifs is 3. The molecule has 0 spiro atoms. The highest BCUT2D eigenvalue weighted by molar-refractivity contribution is 5.82. The average Bonchev–Trinajstić information content (AvgIpc) is 3.29. The van der Waals surface area contributed by atoms with Gasteiger partial charge in [-0.2, -0.15) is 0 Å². The number of carbonyl (C=O) groups excluding carboxylic acids is 1. The van der Waals surface area contributed by atoms with Crippen molar-refractivity contribution < 1.29 is 19.4 Å². The molecule has 0 bridgehead atoms. The SMILES string of the molecule is COC(=O)N1CCc2ccc3c(nc(C4CCCCC4)n3[C@H](C)C[C@@H]3CCCC[C@@H]3C(=O)O)c2C1. The summed E-state index contributed by atoms with van der Waals surface area (Å²) < 4.78 is 7.45. The van der Waals surface area contributed by atoms with Gasteiger partial charge < -0.3 is 19.3 Å². The van der Waals surface area contributed by atoms with E-state index in [0.29, 0.717) is 19.0 Å². The van der Waals surface area contributed by atoms with Crippen LogP contribution < -0.4 is 0 Å². The number of aromatic nitrogens is 2. The molecule has 190 valence electrons. The zero-order chi connectivity index (χ0) is 24.5. The monoisotopic (exact) mass is 481 g/mol. The summed E-state index contributed by atoms with van der Waals surface area (Å²) in [6, 6.07) is 4.61. The van der Waals surface area contributed by atoms with Crippen LogP contribution in [0.25, 0.3) is 11.0 Å². The van der Waals surface area contributed by atoms with Gasteiger partial charge in [-0.05, 0) is 63.0 Å². The number of amides is 1. The van der Waals surface area contributed by atoms with Gasteiger partial charge in [-0.25, -0.2) is 9.78 Å². The lowest BCUT2D eigenvalue weighted by molar-refractivity contribution is -0.145. The van der Waals surface area contributed by atoms with E-state index < -0.39 is 5.97 Å². The number of carbonyl (C=O) groups is 2. The minimum Gasteiger partial charge on any atom is -0.481 e. The van der Waals surface area contributed by atoms with Crippen LogP contribution in [-0.2, 0) is 22.5 Å². The van der Waals surface area contributed by atoms with Gasteiger partial charge in [-0.3, -0.25) is 4.79 Å². The van der Waals surface area contributed by atoms with Crippen molar-refractivity contribution >= 4 is 23.1 Å². The number of aliphatic carboxylic acids is 1. The first-order valence-electron chi connectivity index (χ1n) is 13.6. The maximum atomic E-state index is 12.3. The van der Waals surface area contributed by atoms with Crippen LogP contribution in [-0.4, -0.2) is 45.3 Å². The predicted octanol–water partition coefficient (Wildman–Crippen LogP) is 6.05. The van der Waals surface area contributed by atoms with E-state index in [2.05, 4.69) is 23.6 Å². The summed E-state index contributed by atoms with van der Waals surface area (Å²) in [4.78, 5) is 31.3. The fourth-order valence-corrected chi connectivity index (χ4v) is 6.97. The molecule has 2 aliphatic carbocycles. The molecule has 1 aliphatic heterocycles. The minimum absolute atomic E-state index is 0.181. The molecule has 1 aromatic heterocycles. The molecule has 2 heterocycles. The normalized spacial score (nSPS) is 24.2. The lowest BCUT2D eigenvalue weighted by atomic mass is 9.76. The molecule has 1 aromatic carbocycles. The molecule has 2 aromatic rings. The topological polar surface area (TPSA) is 84.7 Å². The van der Waals surface area contributed by atoms with E-state index in [1.165, 1.54) is 37.8 Å². The van der Waals surface area contributed by atoms with Crippen molar-refractivity contribution in [3.05, 3.63) is 29.1 Å². The highest BCUT2D eigenvalue weighted by Crippen LogP contribution is 2.41. The van der Waals surface area contributed by atoms with Crippen LogP contribution >= 0.6 is 0 Å². The maximum absolute atomic E-state index is 12.3. The molecule has 1 N–H and O–H groups in total. The first kappa shape index (κ1) is 24.1. The second-order valence-corrected chi connectivity index (χ2v) is 11.0. The minimum atomic E-state index is -0.637. The van der Waals surface area contributed by atoms with E-state index in [1.807, 2.05) is 0 Å². The molecule has 5 rings (SSSR count). The number of carboxylic acids is 1. The largest absolute Gasteiger partial charge is 0.481 e. The quantitative estimate of drug-likeness (QED) is 0.562. The molecule has 35 heavy (non-hydrogen) atoms. The predicted molar refractivity (Wildman–Crippen MR) is 134 cm³/mol. The van der Waals surface area contributed by atoms with Gasteiger partial charge in [0, 0.05) is 24.1 Å². The summed E-state index contributed by atoms with van der Waals surface area (Å²) >= 11 is 0. The molecule has 3 atom stereocenters. The van der Waals surface area contributed by atoms with Gasteiger partial charge in [0.05, 0.1) is 30.6 Å². The molecule has 0 radical (unpaired) electrons. The maximum Gasteiger partial charge on any atom is 0.409 e. The second kappa shape index (κ2) is 10.2. The Bertz CT molecular complexity index is 1090. The fourth-order valence-electron chi connectivity index (χ4n) is 6.97. The molecule has 7 heteroatoms. The van der Waals surface area contributed by atoms with Crippen molar-refractivity contribution in [2.24, 2.45) is 11.8 Å². The van der Waals surface area contributed by atoms with Gasteiger partial charge in [-0.1, -0.05) is 38.2 Å². The van der Waals surface area contributed by atoms with Gasteiger partial charge in [-0.15, -0.1) is 0 Å². The zero-order valence-corrected chi connectivity index (χ0v) is 21.2. The Balaban J connectivity index is 1.55. The van der Waals surface area contributed by atoms with Crippen molar-refractivity contribution in [1.82, 2.24) is 14.5 Å². The van der Waals surface area contributed by atoms with Crippen LogP contribution in [0, 0.1) is 11.8 Å². The van der Waals surface area contributed by atoms with Gasteiger partial charge in [0.2, 0.25) is 0 Å². The molecule has 2 fully saturated rings. The Kier molecular flexibility index (Phi) is 7.03. The van der Waals surface area contributed by atoms with Crippen LogP contribution in [0.3, 0.4) is 0 Å². The highest BCUT2D eigenvalue weighted by Gasteiger charge is 2.34. The summed E-state index contributed by atoms with van der Waals surface area (Å²) in [6.07, 6.45) is 11.4. The summed E-state index contributed by atoms with van der Waals surface area (Å²) in [5, 5.41) is 9.84. The molecule has 0 unspecified atom stereocenters. The first-order chi connectivity index (χ1) is 17.0. The van der Waals surface area contributed by atoms with Gasteiger partial charge in [0.25, 0.3) is 0 Å². The van der Waals surface area contributed by atoms with Crippen molar-refractivity contribution in [1.29, 1.82) is 0 Å². The van der Waals surface area contributed by atoms with Gasteiger partial charge in [0.1, 0.15) is 5.82 Å². The van der Waals surface area contributed by atoms with Gasteiger partial charge in [0.15, 0.2) is 0 Å². The molecule has 0 saturated heterocycles. The van der Waals surface area contributed by atoms with E-state index in [-0.39, 0.29) is 24.0 Å². The number of hydrogen-bond acceptors (Lipinski definition) is 4. The van der Waals surface area contributed by atoms with Crippen molar-refractivity contribution in [2.45, 2.75) is 96.1 Å². The van der Waals surface area contributed by atoms with E-state index in [4.69, 9.17) is 9.72 Å². The molecule has 3 aliphatic rings. The van der Waals surface area contributed by atoms with E-state index >= 15 is 0 Å². The van der Waals surface area contributed by atoms with Crippen LogP contribution in [0.4, 0.5) is 4.79 Å². The number of ether oxygens (including phenoxy) is 1. The smallest absolute Gasteiger partial charge is 0.409 e. The third kappa shape index (κ3) is 4.66. The number of methoxy groups -OCH3 is 1. The summed E-state index contributed by atoms with van der Waals surface area (Å²) in [5.41, 5.74) is 4.56. The molecule has 7 nitrogen and oxygen atoms in total. The fraction of sp³-hybridized carbons (Fsp3) is 0.679. The number of nitrogens with zero attached hydrogens (tertiary/aromatic N) is 3. The third-order valence-electron chi connectivity index (χ3n) is 8.81. The first-order valence-corrected chi connectivity index (χ1v) is 13.6. The second-order valence-electron chi connectivity index (χ2n) is 11.0. The van der Waals surface area contributed by atoms with E-state index in [0.717, 1.165) is 68.0 Å². The summed E-state index contributed by atoms with van der Waals surface area (Å²) in [6.45, 7) is 3.44. The Morgan fingerprint density at radius 3 is 2.60 bits per heavy atom. The van der Waals surface area contributed by atoms with Crippen LogP contribution in [0.15, 0.2) is 12.1 Å². The van der Waals surface area contributed by atoms with Crippen molar-refractivity contribution in [2.75, 3.05) is 13.7 Å². The number of imidazole rings is 1. The van der Waals surface area contributed by atoms with Crippen molar-refractivity contribution in [3.63, 3.8) is 0 Å². The number of benzene rings is 1. The molecule has 2 saturated carbocycles. The molecule has 1 amide bonds. The molecular formula is C28H39N3O4. The molecular weight excluding hydrogens is 442 g/mol. The Labute approximate surface area is 207 Å². The van der Waals surface area contributed by atoms with E-state index in [9.17, 15) is 14.7 Å². The van der Waals surface area contributed by atoms with Crippen LogP contribution in [0.5, 0.6) is 0 Å². The Morgan fingerprint density at radius 2 is 1.86 bits per heavy atom. The lowest BCUT2D eigenvalue weighted by Gasteiger charge is -2.32. The standard InChI is InChI=1S/C28H39N3O4/c1-18(16-21-10-6-7-11-22(21)27(32)33)31-24-13-12-19-14-15-30(28(34)35-2)17-23(19)25(24)29-26(31)20-8-4-3-5-9-20/h12-13,18,20-22H,3-11,14-17H2,1-2H3,(H,32,33)/t18-,21+,22+/m1/s1. The van der Waals surface area contributed by atoms with Crippen LogP contribution in [0.1, 0.15) is 100 Å². The average molecular weight is 482 g/mol. The highest BCUT2D eigenvalue weighted by atomic mass is 16.5. The number of rotatable bonds is 5. The lowest BCUT2D eigenvalue weighted by Crippen LogP contribution is -2.35. The van der Waals surface area contributed by atoms with Gasteiger partial charge >= 0.3 is 12.1 Å². The number of carboxylic acid groups (broad SMARTS) is 1. The zero-order valence-electron chi connectivity index (χ0n) is 21.2. The number of hydrogen-bond donors (Lipinski definition) is 1. The van der Waals surface area contributed by atoms with E-state index in [1.54, 1.807) is 4.90 Å². The van der Waals surface area contributed by atoms with Crippen LogP contribution in [0.2, 0.25) is 0 Å². The summed E-state index contributed by atoms with van der Waals surface area (Å²) in [5.74, 6) is 0.942. The van der Waals surface area contributed by atoms with Crippen molar-refractivity contribution in [3.8, 4) is 0 Å². The third-order valence-corrected chi connectivity index (χ3v) is 8.81.